The Morgan fingerprint density at radius 2 is 1.87 bits per heavy atom. The van der Waals surface area contributed by atoms with E-state index in [1.807, 2.05) is 27.7 Å². The normalized spacial score (nSPS) is 18.7. The molecular weight excluding hydrogens is 296 g/mol. The number of hydrogen-bond acceptors (Lipinski definition) is 4. The van der Waals surface area contributed by atoms with Gasteiger partial charge in [0.1, 0.15) is 11.4 Å². The highest BCUT2D eigenvalue weighted by Crippen LogP contribution is 2.21. The van der Waals surface area contributed by atoms with E-state index in [-0.39, 0.29) is 29.4 Å². The van der Waals surface area contributed by atoms with Crippen molar-refractivity contribution in [2.45, 2.75) is 39.3 Å². The molecule has 2 amide bonds. The standard InChI is InChI=1S/C17H24N2O4/c1-12-11-18(16(22)23-17(2,3)4)9-10-19(12)15(21)13-7-5-6-8-14(13)20/h5-8,12,20H,9-11H2,1-4H3/t12-/m0/s1. The zero-order valence-electron chi connectivity index (χ0n) is 14.1. The minimum Gasteiger partial charge on any atom is -0.507 e. The quantitative estimate of drug-likeness (QED) is 0.863. The van der Waals surface area contributed by atoms with Crippen molar-refractivity contribution >= 4 is 12.0 Å². The number of phenolic OH excluding ortho intramolecular Hbond substituents is 1. The number of nitrogens with zero attached hydrogens (tertiary/aromatic N) is 2. The van der Waals surface area contributed by atoms with E-state index in [9.17, 15) is 14.7 Å². The minimum absolute atomic E-state index is 0.0285. The molecule has 1 N–H and O–H groups in total. The van der Waals surface area contributed by atoms with E-state index >= 15 is 0 Å². The van der Waals surface area contributed by atoms with Crippen LogP contribution in [-0.2, 0) is 4.74 Å². The Balaban J connectivity index is 2.03. The summed E-state index contributed by atoms with van der Waals surface area (Å²) in [4.78, 5) is 28.0. The Kier molecular flexibility index (Phi) is 4.82. The molecule has 23 heavy (non-hydrogen) atoms. The fourth-order valence-electron chi connectivity index (χ4n) is 2.56. The first kappa shape index (κ1) is 17.1. The molecule has 2 rings (SSSR count). The molecule has 6 nitrogen and oxygen atoms in total. The molecule has 1 aliphatic heterocycles. The van der Waals surface area contributed by atoms with Crippen LogP contribution < -0.4 is 0 Å². The van der Waals surface area contributed by atoms with Crippen LogP contribution in [-0.4, -0.2) is 58.2 Å². The topological polar surface area (TPSA) is 70.1 Å². The van der Waals surface area contributed by atoms with Gasteiger partial charge in [-0.2, -0.15) is 0 Å². The third-order valence-corrected chi connectivity index (χ3v) is 3.67. The summed E-state index contributed by atoms with van der Waals surface area (Å²) in [5.41, 5.74) is -0.256. The van der Waals surface area contributed by atoms with Gasteiger partial charge in [-0.05, 0) is 39.8 Å². The van der Waals surface area contributed by atoms with Crippen molar-refractivity contribution in [2.75, 3.05) is 19.6 Å². The number of para-hydroxylation sites is 1. The molecule has 126 valence electrons. The van der Waals surface area contributed by atoms with E-state index in [1.165, 1.54) is 6.07 Å². The molecule has 1 saturated heterocycles. The van der Waals surface area contributed by atoms with Crippen LogP contribution in [0.25, 0.3) is 0 Å². The van der Waals surface area contributed by atoms with Gasteiger partial charge in [0.05, 0.1) is 5.56 Å². The van der Waals surface area contributed by atoms with Crippen molar-refractivity contribution in [1.29, 1.82) is 0 Å². The molecule has 1 fully saturated rings. The molecule has 0 aliphatic carbocycles. The second kappa shape index (κ2) is 6.48. The number of carbonyl (C=O) groups is 2. The first-order valence-corrected chi connectivity index (χ1v) is 7.76. The molecule has 1 aromatic carbocycles. The van der Waals surface area contributed by atoms with Crippen LogP contribution in [0.5, 0.6) is 5.75 Å². The fraction of sp³-hybridized carbons (Fsp3) is 0.529. The van der Waals surface area contributed by atoms with Crippen LogP contribution >= 0.6 is 0 Å². The molecule has 1 atom stereocenters. The van der Waals surface area contributed by atoms with Gasteiger partial charge >= 0.3 is 6.09 Å². The molecule has 1 aliphatic rings. The zero-order chi connectivity index (χ0) is 17.2. The summed E-state index contributed by atoms with van der Waals surface area (Å²) in [5, 5.41) is 9.83. The molecule has 1 heterocycles. The maximum absolute atomic E-state index is 12.6. The summed E-state index contributed by atoms with van der Waals surface area (Å²) >= 11 is 0. The van der Waals surface area contributed by atoms with E-state index < -0.39 is 5.60 Å². The smallest absolute Gasteiger partial charge is 0.410 e. The zero-order valence-corrected chi connectivity index (χ0v) is 14.1. The first-order valence-electron chi connectivity index (χ1n) is 7.76. The van der Waals surface area contributed by atoms with Gasteiger partial charge in [0.2, 0.25) is 0 Å². The maximum Gasteiger partial charge on any atom is 0.410 e. The number of hydrogen-bond donors (Lipinski definition) is 1. The summed E-state index contributed by atoms with van der Waals surface area (Å²) in [6.07, 6.45) is -0.362. The summed E-state index contributed by atoms with van der Waals surface area (Å²) < 4.78 is 5.37. The molecule has 0 radical (unpaired) electrons. The van der Waals surface area contributed by atoms with Crippen molar-refractivity contribution in [3.63, 3.8) is 0 Å². The first-order chi connectivity index (χ1) is 10.7. The average Bonchev–Trinajstić information content (AvgIpc) is 2.45. The number of carbonyl (C=O) groups excluding carboxylic acids is 2. The van der Waals surface area contributed by atoms with Crippen LogP contribution in [0, 0.1) is 0 Å². The van der Waals surface area contributed by atoms with E-state index in [0.717, 1.165) is 0 Å². The van der Waals surface area contributed by atoms with Crippen LogP contribution in [0.3, 0.4) is 0 Å². The SMILES string of the molecule is C[C@H]1CN(C(=O)OC(C)(C)C)CCN1C(=O)c1ccccc1O. The molecule has 0 saturated carbocycles. The van der Waals surface area contributed by atoms with E-state index in [1.54, 1.807) is 28.0 Å². The van der Waals surface area contributed by atoms with Crippen LogP contribution in [0.2, 0.25) is 0 Å². The number of amides is 2. The highest BCUT2D eigenvalue weighted by atomic mass is 16.6. The van der Waals surface area contributed by atoms with E-state index in [2.05, 4.69) is 0 Å². The number of piperazine rings is 1. The lowest BCUT2D eigenvalue weighted by Crippen LogP contribution is -2.56. The molecule has 0 spiro atoms. The van der Waals surface area contributed by atoms with Gasteiger partial charge in [-0.15, -0.1) is 0 Å². The number of benzene rings is 1. The number of rotatable bonds is 1. The second-order valence-corrected chi connectivity index (χ2v) is 6.79. The molecule has 0 unspecified atom stereocenters. The predicted molar refractivity (Wildman–Crippen MR) is 86.4 cm³/mol. The van der Waals surface area contributed by atoms with Crippen molar-refractivity contribution in [3.05, 3.63) is 29.8 Å². The third kappa shape index (κ3) is 4.15. The molecule has 1 aromatic rings. The van der Waals surface area contributed by atoms with E-state index in [4.69, 9.17) is 4.74 Å². The minimum atomic E-state index is -0.539. The second-order valence-electron chi connectivity index (χ2n) is 6.79. The summed E-state index contributed by atoms with van der Waals surface area (Å²) in [7, 11) is 0. The van der Waals surface area contributed by atoms with Crippen molar-refractivity contribution < 1.29 is 19.4 Å². The highest BCUT2D eigenvalue weighted by Gasteiger charge is 2.33. The van der Waals surface area contributed by atoms with Crippen molar-refractivity contribution in [3.8, 4) is 5.75 Å². The Morgan fingerprint density at radius 1 is 1.22 bits per heavy atom. The van der Waals surface area contributed by atoms with Gasteiger partial charge in [-0.1, -0.05) is 12.1 Å². The highest BCUT2D eigenvalue weighted by molar-refractivity contribution is 5.97. The third-order valence-electron chi connectivity index (χ3n) is 3.67. The van der Waals surface area contributed by atoms with Crippen LogP contribution in [0.4, 0.5) is 4.79 Å². The van der Waals surface area contributed by atoms with Gasteiger partial charge in [-0.3, -0.25) is 4.79 Å². The largest absolute Gasteiger partial charge is 0.507 e. The monoisotopic (exact) mass is 320 g/mol. The van der Waals surface area contributed by atoms with Crippen molar-refractivity contribution in [2.24, 2.45) is 0 Å². The Bertz CT molecular complexity index is 595. The Labute approximate surface area is 136 Å². The van der Waals surface area contributed by atoms with Gasteiger partial charge in [0.25, 0.3) is 5.91 Å². The molecule has 0 aromatic heterocycles. The lowest BCUT2D eigenvalue weighted by Gasteiger charge is -2.40. The van der Waals surface area contributed by atoms with Crippen LogP contribution in [0.15, 0.2) is 24.3 Å². The molecule has 6 heteroatoms. The average molecular weight is 320 g/mol. The summed E-state index contributed by atoms with van der Waals surface area (Å²) in [5.74, 6) is -0.251. The van der Waals surface area contributed by atoms with Gasteiger partial charge in [-0.25, -0.2) is 4.79 Å². The van der Waals surface area contributed by atoms with Gasteiger partial charge in [0.15, 0.2) is 0 Å². The number of aromatic hydroxyl groups is 1. The molecular formula is C17H24N2O4. The van der Waals surface area contributed by atoms with Crippen molar-refractivity contribution in [1.82, 2.24) is 9.80 Å². The lowest BCUT2D eigenvalue weighted by molar-refractivity contribution is 0.00610. The Morgan fingerprint density at radius 3 is 2.43 bits per heavy atom. The summed E-state index contributed by atoms with van der Waals surface area (Å²) in [6, 6.07) is 6.34. The number of ether oxygens (including phenoxy) is 1. The maximum atomic E-state index is 12.6. The lowest BCUT2D eigenvalue weighted by atomic mass is 10.1. The van der Waals surface area contributed by atoms with Gasteiger partial charge < -0.3 is 19.6 Å². The Hall–Kier alpha value is -2.24. The number of phenols is 1. The molecule has 0 bridgehead atoms. The van der Waals surface area contributed by atoms with Gasteiger partial charge in [0, 0.05) is 25.7 Å². The fourth-order valence-corrected chi connectivity index (χ4v) is 2.56. The predicted octanol–water partition coefficient (Wildman–Crippen LogP) is 2.47. The summed E-state index contributed by atoms with van der Waals surface area (Å²) in [6.45, 7) is 8.60. The van der Waals surface area contributed by atoms with E-state index in [0.29, 0.717) is 19.6 Å². The van der Waals surface area contributed by atoms with Crippen LogP contribution in [0.1, 0.15) is 38.1 Å².